The predicted octanol–water partition coefficient (Wildman–Crippen LogP) is 5.07. The largest absolute Gasteiger partial charge is 0.507 e. The summed E-state index contributed by atoms with van der Waals surface area (Å²) in [6.45, 7) is 9.55. The number of hydrogen-bond acceptors (Lipinski definition) is 6. The summed E-state index contributed by atoms with van der Waals surface area (Å²) in [5, 5.41) is 11.4. The molecule has 1 saturated heterocycles. The van der Waals surface area contributed by atoms with E-state index in [1.807, 2.05) is 38.1 Å². The Kier molecular flexibility index (Phi) is 8.93. The third kappa shape index (κ3) is 5.68. The summed E-state index contributed by atoms with van der Waals surface area (Å²) in [6, 6.07) is 12.2. The van der Waals surface area contributed by atoms with Crippen LogP contribution in [0.5, 0.6) is 11.5 Å². The molecule has 1 N–H and O–H groups in total. The SMILES string of the molecule is CCOc1ccc(/C(O)=C2/C(=O)C(=O)N(CCCOC)C2c2ccc(C(C)C)cc2)c(OCC)c1. The molecule has 0 saturated carbocycles. The van der Waals surface area contributed by atoms with Gasteiger partial charge in [0.2, 0.25) is 0 Å². The fourth-order valence-electron chi connectivity index (χ4n) is 4.27. The van der Waals surface area contributed by atoms with E-state index in [1.54, 1.807) is 25.3 Å². The Morgan fingerprint density at radius 1 is 1.03 bits per heavy atom. The van der Waals surface area contributed by atoms with Gasteiger partial charge in [0, 0.05) is 26.3 Å². The van der Waals surface area contributed by atoms with Crippen molar-refractivity contribution in [2.24, 2.45) is 0 Å². The van der Waals surface area contributed by atoms with Crippen LogP contribution in [0.4, 0.5) is 0 Å². The maximum absolute atomic E-state index is 13.3. The Morgan fingerprint density at radius 2 is 1.71 bits per heavy atom. The van der Waals surface area contributed by atoms with Gasteiger partial charge in [0.05, 0.1) is 30.4 Å². The lowest BCUT2D eigenvalue weighted by atomic mass is 9.93. The molecule has 0 aromatic heterocycles. The number of ether oxygens (including phenoxy) is 3. The van der Waals surface area contributed by atoms with Crippen LogP contribution in [0.15, 0.2) is 48.0 Å². The number of carbonyl (C=O) groups is 2. The minimum atomic E-state index is -0.714. The monoisotopic (exact) mass is 481 g/mol. The van der Waals surface area contributed by atoms with Crippen LogP contribution in [0, 0.1) is 0 Å². The number of likely N-dealkylation sites (tertiary alicyclic amines) is 1. The third-order valence-electron chi connectivity index (χ3n) is 6.03. The van der Waals surface area contributed by atoms with Crippen molar-refractivity contribution in [3.8, 4) is 11.5 Å². The van der Waals surface area contributed by atoms with E-state index in [0.717, 1.165) is 11.1 Å². The molecule has 7 nitrogen and oxygen atoms in total. The molecule has 2 aromatic rings. The first-order valence-electron chi connectivity index (χ1n) is 12.1. The summed E-state index contributed by atoms with van der Waals surface area (Å²) >= 11 is 0. The van der Waals surface area contributed by atoms with Crippen molar-refractivity contribution >= 4 is 17.4 Å². The quantitative estimate of drug-likeness (QED) is 0.209. The second kappa shape index (κ2) is 11.9. The van der Waals surface area contributed by atoms with Crippen LogP contribution < -0.4 is 9.47 Å². The van der Waals surface area contributed by atoms with Crippen molar-refractivity contribution in [3.05, 3.63) is 64.7 Å². The summed E-state index contributed by atoms with van der Waals surface area (Å²) in [6.07, 6.45) is 0.567. The van der Waals surface area contributed by atoms with Crippen LogP contribution >= 0.6 is 0 Å². The van der Waals surface area contributed by atoms with Crippen molar-refractivity contribution in [1.29, 1.82) is 0 Å². The van der Waals surface area contributed by atoms with Gasteiger partial charge in [-0.15, -0.1) is 0 Å². The van der Waals surface area contributed by atoms with Crippen molar-refractivity contribution in [3.63, 3.8) is 0 Å². The topological polar surface area (TPSA) is 85.3 Å². The highest BCUT2D eigenvalue weighted by atomic mass is 16.5. The minimum Gasteiger partial charge on any atom is -0.507 e. The molecule has 35 heavy (non-hydrogen) atoms. The van der Waals surface area contributed by atoms with Gasteiger partial charge in [0.15, 0.2) is 0 Å². The molecular weight excluding hydrogens is 446 g/mol. The Balaban J connectivity index is 2.15. The first-order valence-corrected chi connectivity index (χ1v) is 12.1. The third-order valence-corrected chi connectivity index (χ3v) is 6.03. The summed E-state index contributed by atoms with van der Waals surface area (Å²) < 4.78 is 16.5. The number of rotatable bonds is 11. The minimum absolute atomic E-state index is 0.0508. The molecular formula is C28H35NO6. The summed E-state index contributed by atoms with van der Waals surface area (Å²) in [5.74, 6) is -0.292. The number of carbonyl (C=O) groups excluding carboxylic acids is 2. The maximum atomic E-state index is 13.3. The lowest BCUT2D eigenvalue weighted by Crippen LogP contribution is -2.31. The summed E-state index contributed by atoms with van der Waals surface area (Å²) in [4.78, 5) is 27.9. The van der Waals surface area contributed by atoms with E-state index in [0.29, 0.717) is 55.8 Å². The first kappa shape index (κ1) is 26.3. The maximum Gasteiger partial charge on any atom is 0.295 e. The van der Waals surface area contributed by atoms with Gasteiger partial charge in [-0.05, 0) is 49.4 Å². The van der Waals surface area contributed by atoms with Crippen LogP contribution in [0.2, 0.25) is 0 Å². The fraction of sp³-hybridized carbons (Fsp3) is 0.429. The molecule has 1 atom stereocenters. The second-order valence-corrected chi connectivity index (χ2v) is 8.68. The lowest BCUT2D eigenvalue weighted by molar-refractivity contribution is -0.140. The molecule has 3 rings (SSSR count). The van der Waals surface area contributed by atoms with Crippen molar-refractivity contribution in [2.75, 3.05) is 33.5 Å². The van der Waals surface area contributed by atoms with E-state index < -0.39 is 17.7 Å². The number of Topliss-reactive ketones (excluding diaryl/α,β-unsaturated/α-hetero) is 1. The zero-order chi connectivity index (χ0) is 25.5. The Bertz CT molecular complexity index is 1070. The highest BCUT2D eigenvalue weighted by molar-refractivity contribution is 6.46. The molecule has 1 amide bonds. The van der Waals surface area contributed by atoms with Crippen molar-refractivity contribution in [2.45, 2.75) is 46.1 Å². The molecule has 2 aromatic carbocycles. The average Bonchev–Trinajstić information content (AvgIpc) is 3.09. The number of amides is 1. The summed E-state index contributed by atoms with van der Waals surface area (Å²) in [7, 11) is 1.59. The van der Waals surface area contributed by atoms with Gasteiger partial charge < -0.3 is 24.2 Å². The van der Waals surface area contributed by atoms with E-state index in [9.17, 15) is 14.7 Å². The number of nitrogens with zero attached hydrogens (tertiary/aromatic N) is 1. The van der Waals surface area contributed by atoms with Crippen LogP contribution in [-0.2, 0) is 14.3 Å². The Labute approximate surface area is 207 Å². The van der Waals surface area contributed by atoms with Gasteiger partial charge in [-0.2, -0.15) is 0 Å². The molecule has 188 valence electrons. The molecule has 0 radical (unpaired) electrons. The van der Waals surface area contributed by atoms with Gasteiger partial charge in [0.25, 0.3) is 11.7 Å². The van der Waals surface area contributed by atoms with Crippen LogP contribution in [0.3, 0.4) is 0 Å². The van der Waals surface area contributed by atoms with E-state index >= 15 is 0 Å². The van der Waals surface area contributed by atoms with Crippen molar-refractivity contribution in [1.82, 2.24) is 4.90 Å². The second-order valence-electron chi connectivity index (χ2n) is 8.68. The highest BCUT2D eigenvalue weighted by Gasteiger charge is 2.46. The number of methoxy groups -OCH3 is 1. The molecule has 0 aliphatic carbocycles. The van der Waals surface area contributed by atoms with Gasteiger partial charge in [-0.1, -0.05) is 38.1 Å². The Hall–Kier alpha value is -3.32. The van der Waals surface area contributed by atoms with Gasteiger partial charge >= 0.3 is 0 Å². The van der Waals surface area contributed by atoms with Gasteiger partial charge in [-0.25, -0.2) is 0 Å². The zero-order valence-corrected chi connectivity index (χ0v) is 21.2. The molecule has 1 aliphatic rings. The van der Waals surface area contributed by atoms with Crippen LogP contribution in [0.1, 0.15) is 62.8 Å². The zero-order valence-electron chi connectivity index (χ0n) is 21.2. The van der Waals surface area contributed by atoms with Crippen LogP contribution in [0.25, 0.3) is 5.76 Å². The molecule has 1 heterocycles. The molecule has 1 fully saturated rings. The smallest absolute Gasteiger partial charge is 0.295 e. The molecule has 1 aliphatic heterocycles. The van der Waals surface area contributed by atoms with Crippen molar-refractivity contribution < 1.29 is 28.9 Å². The van der Waals surface area contributed by atoms with E-state index in [-0.39, 0.29) is 11.3 Å². The molecule has 0 spiro atoms. The van der Waals surface area contributed by atoms with E-state index in [2.05, 4.69) is 13.8 Å². The van der Waals surface area contributed by atoms with Gasteiger partial charge in [0.1, 0.15) is 17.3 Å². The Morgan fingerprint density at radius 3 is 2.31 bits per heavy atom. The standard InChI is InChI=1S/C28H35NO6/c1-6-34-21-13-14-22(23(17-21)35-7-2)26(30)24-25(20-11-9-19(10-12-20)18(3)4)29(15-8-16-33-5)28(32)27(24)31/h9-14,17-18,25,30H,6-8,15-16H2,1-5H3/b26-24-. The number of ketones is 1. The summed E-state index contributed by atoms with van der Waals surface area (Å²) in [5.41, 5.74) is 2.30. The predicted molar refractivity (Wildman–Crippen MR) is 135 cm³/mol. The molecule has 1 unspecified atom stereocenters. The average molecular weight is 482 g/mol. The van der Waals surface area contributed by atoms with Gasteiger partial charge in [-0.3, -0.25) is 9.59 Å². The fourth-order valence-corrected chi connectivity index (χ4v) is 4.27. The van der Waals surface area contributed by atoms with Crippen LogP contribution in [-0.4, -0.2) is 55.2 Å². The lowest BCUT2D eigenvalue weighted by Gasteiger charge is -2.26. The number of aliphatic hydroxyl groups excluding tert-OH is 1. The van der Waals surface area contributed by atoms with E-state index in [4.69, 9.17) is 14.2 Å². The number of benzene rings is 2. The molecule has 0 bridgehead atoms. The number of aliphatic hydroxyl groups is 1. The highest BCUT2D eigenvalue weighted by Crippen LogP contribution is 2.42. The first-order chi connectivity index (χ1) is 16.8. The normalized spacial score (nSPS) is 17.3. The number of hydrogen-bond donors (Lipinski definition) is 1. The molecule has 7 heteroatoms. The van der Waals surface area contributed by atoms with E-state index in [1.165, 1.54) is 4.90 Å².